The van der Waals surface area contributed by atoms with Gasteiger partial charge in [0.25, 0.3) is 0 Å². The van der Waals surface area contributed by atoms with E-state index >= 15 is 0 Å². The molecule has 0 fully saturated rings. The van der Waals surface area contributed by atoms with Crippen molar-refractivity contribution in [2.75, 3.05) is 6.61 Å². The van der Waals surface area contributed by atoms with Crippen LogP contribution in [0.1, 0.15) is 47.0 Å². The molecule has 0 heterocycles. The predicted molar refractivity (Wildman–Crippen MR) is 126 cm³/mol. The molecule has 0 amide bonds. The summed E-state index contributed by atoms with van der Waals surface area (Å²) in [7, 11) is -5.79. The molecular formula is C20H46O5Si3. The van der Waals surface area contributed by atoms with Crippen molar-refractivity contribution in [3.8, 4) is 0 Å². The van der Waals surface area contributed by atoms with Crippen molar-refractivity contribution in [2.45, 2.75) is 109 Å². The zero-order valence-electron chi connectivity index (χ0n) is 20.2. The number of aliphatic hydroxyl groups is 1. The van der Waals surface area contributed by atoms with E-state index in [0.29, 0.717) is 6.42 Å². The second-order valence-corrected chi connectivity index (χ2v) is 25.4. The lowest BCUT2D eigenvalue weighted by Crippen LogP contribution is -2.66. The number of aliphatic hydroxyl groups excluding tert-OH is 1. The highest BCUT2D eigenvalue weighted by molar-refractivity contribution is 6.82. The molecule has 0 aromatic carbocycles. The largest absolute Gasteiger partial charge is 0.481 e. The first kappa shape index (κ1) is 28.0. The van der Waals surface area contributed by atoms with Gasteiger partial charge in [0.05, 0.1) is 25.8 Å². The average molecular weight is 451 g/mol. The zero-order chi connectivity index (χ0) is 22.6. The van der Waals surface area contributed by atoms with Crippen molar-refractivity contribution in [1.29, 1.82) is 0 Å². The topological polar surface area (TPSA) is 76.0 Å². The van der Waals surface area contributed by atoms with Gasteiger partial charge in [0.1, 0.15) is 0 Å². The lowest BCUT2D eigenvalue weighted by atomic mass is 10.1. The van der Waals surface area contributed by atoms with Gasteiger partial charge < -0.3 is 19.1 Å². The van der Waals surface area contributed by atoms with Crippen LogP contribution in [0.3, 0.4) is 0 Å². The molecule has 0 aliphatic carbocycles. The van der Waals surface area contributed by atoms with Gasteiger partial charge in [0.15, 0.2) is 8.32 Å². The van der Waals surface area contributed by atoms with E-state index in [9.17, 15) is 15.0 Å². The van der Waals surface area contributed by atoms with Crippen LogP contribution < -0.4 is 0 Å². The molecule has 168 valence electrons. The van der Waals surface area contributed by atoms with Gasteiger partial charge in [-0.25, -0.2) is 0 Å². The van der Waals surface area contributed by atoms with Gasteiger partial charge in [0, 0.05) is 5.22 Å². The number of aliphatic carboxylic acids is 1. The van der Waals surface area contributed by atoms with Crippen LogP contribution >= 0.6 is 0 Å². The number of carbonyl (C=O) groups is 1. The molecule has 0 aliphatic rings. The van der Waals surface area contributed by atoms with Gasteiger partial charge >= 0.3 is 5.97 Å². The second kappa shape index (κ2) is 9.87. The zero-order valence-corrected chi connectivity index (χ0v) is 23.2. The van der Waals surface area contributed by atoms with Crippen LogP contribution in [0.5, 0.6) is 0 Å². The predicted octanol–water partition coefficient (Wildman–Crippen LogP) is 5.27. The van der Waals surface area contributed by atoms with Crippen molar-refractivity contribution in [3.05, 3.63) is 0 Å². The Kier molecular flexibility index (Phi) is 9.87. The fourth-order valence-corrected chi connectivity index (χ4v) is 12.8. The van der Waals surface area contributed by atoms with Crippen molar-refractivity contribution < 1.29 is 23.9 Å². The summed E-state index contributed by atoms with van der Waals surface area (Å²) in [5.41, 5.74) is 0. The van der Waals surface area contributed by atoms with E-state index in [4.69, 9.17) is 8.85 Å². The van der Waals surface area contributed by atoms with E-state index < -0.39 is 36.6 Å². The van der Waals surface area contributed by atoms with E-state index in [1.165, 1.54) is 0 Å². The third kappa shape index (κ3) is 7.68. The fraction of sp³-hybridized carbons (Fsp3) is 0.950. The van der Waals surface area contributed by atoms with Crippen molar-refractivity contribution in [2.24, 2.45) is 5.92 Å². The van der Waals surface area contributed by atoms with Crippen LogP contribution in [0, 0.1) is 5.92 Å². The molecule has 0 radical (unpaired) electrons. The summed E-state index contributed by atoms with van der Waals surface area (Å²) in [6.07, 6.45) is 2.16. The molecule has 0 saturated heterocycles. The second-order valence-electron chi connectivity index (χ2n) is 11.0. The van der Waals surface area contributed by atoms with Crippen LogP contribution in [-0.2, 0) is 13.6 Å². The number of rotatable bonds is 13. The van der Waals surface area contributed by atoms with Gasteiger partial charge in [-0.1, -0.05) is 33.0 Å². The van der Waals surface area contributed by atoms with Gasteiger partial charge in [-0.2, -0.15) is 0 Å². The standard InChI is InChI=1S/C20H46O5Si3/c1-12-20(4,26(5,6)7)25-28(11,19(2,3)24-27(8,9)10)15-13-14-17(16-21)18(22)23/h17,21H,12-16H2,1-11H3,(H,22,23). The van der Waals surface area contributed by atoms with Gasteiger partial charge in [-0.3, -0.25) is 4.79 Å². The highest BCUT2D eigenvalue weighted by Gasteiger charge is 2.53. The van der Waals surface area contributed by atoms with Crippen molar-refractivity contribution >= 4 is 30.7 Å². The molecule has 0 aliphatic heterocycles. The molecule has 28 heavy (non-hydrogen) atoms. The number of carboxylic acids is 1. The molecule has 5 nitrogen and oxygen atoms in total. The highest BCUT2D eigenvalue weighted by Crippen LogP contribution is 2.40. The first-order chi connectivity index (χ1) is 12.3. The molecule has 0 aromatic heterocycles. The maximum Gasteiger partial charge on any atom is 0.308 e. The smallest absolute Gasteiger partial charge is 0.308 e. The molecular weight excluding hydrogens is 404 g/mol. The summed E-state index contributed by atoms with van der Waals surface area (Å²) in [6.45, 7) is 24.4. The fourth-order valence-electron chi connectivity index (χ4n) is 3.58. The number of hydrogen-bond acceptors (Lipinski definition) is 4. The van der Waals surface area contributed by atoms with E-state index in [1.807, 2.05) is 0 Å². The van der Waals surface area contributed by atoms with Crippen LogP contribution in [0.25, 0.3) is 0 Å². The quantitative estimate of drug-likeness (QED) is 0.374. The normalized spacial score (nSPS) is 19.0. The maximum absolute atomic E-state index is 11.3. The first-order valence-corrected chi connectivity index (χ1v) is 20.1. The molecule has 0 aromatic rings. The first-order valence-electron chi connectivity index (χ1n) is 10.6. The Labute approximate surface area is 176 Å². The minimum Gasteiger partial charge on any atom is -0.481 e. The van der Waals surface area contributed by atoms with E-state index in [0.717, 1.165) is 18.9 Å². The Bertz CT molecular complexity index is 513. The van der Waals surface area contributed by atoms with E-state index in [-0.39, 0.29) is 17.1 Å². The lowest BCUT2D eigenvalue weighted by Gasteiger charge is -2.52. The van der Waals surface area contributed by atoms with Crippen LogP contribution in [0.15, 0.2) is 0 Å². The summed E-state index contributed by atoms with van der Waals surface area (Å²) in [4.78, 5) is 11.3. The summed E-state index contributed by atoms with van der Waals surface area (Å²) >= 11 is 0. The molecule has 8 heteroatoms. The van der Waals surface area contributed by atoms with Gasteiger partial charge in [-0.05, 0) is 65.8 Å². The summed E-state index contributed by atoms with van der Waals surface area (Å²) in [5, 5.41) is 18.1. The minimum absolute atomic E-state index is 0.156. The average Bonchev–Trinajstić information content (AvgIpc) is 2.47. The van der Waals surface area contributed by atoms with E-state index in [2.05, 4.69) is 73.5 Å². The molecule has 0 bridgehead atoms. The highest BCUT2D eigenvalue weighted by atomic mass is 28.4. The Hall–Kier alpha value is 0.000649. The summed E-state index contributed by atoms with van der Waals surface area (Å²) in [5.74, 6) is -1.63. The van der Waals surface area contributed by atoms with Gasteiger partial charge in [0.2, 0.25) is 8.32 Å². The van der Waals surface area contributed by atoms with Crippen LogP contribution in [-0.4, -0.2) is 57.9 Å². The molecule has 3 atom stereocenters. The number of hydrogen-bond donors (Lipinski definition) is 2. The third-order valence-electron chi connectivity index (χ3n) is 6.32. The molecule has 2 N–H and O–H groups in total. The van der Waals surface area contributed by atoms with Crippen molar-refractivity contribution in [3.63, 3.8) is 0 Å². The molecule has 0 spiro atoms. The SMILES string of the molecule is CCC(C)(O[Si](C)(CCCC(CO)C(=O)O)C(C)(C)O[Si](C)(C)C)[Si](C)(C)C. The minimum atomic E-state index is -2.39. The Morgan fingerprint density at radius 3 is 1.82 bits per heavy atom. The number of carboxylic acid groups (broad SMARTS) is 1. The monoisotopic (exact) mass is 450 g/mol. The molecule has 0 saturated carbocycles. The van der Waals surface area contributed by atoms with Crippen LogP contribution in [0.4, 0.5) is 0 Å². The van der Waals surface area contributed by atoms with Crippen molar-refractivity contribution in [1.82, 2.24) is 0 Å². The summed E-state index contributed by atoms with van der Waals surface area (Å²) < 4.78 is 13.8. The lowest BCUT2D eigenvalue weighted by molar-refractivity contribution is -0.143. The molecule has 0 rings (SSSR count). The Balaban J connectivity index is 5.80. The Morgan fingerprint density at radius 2 is 1.50 bits per heavy atom. The Morgan fingerprint density at radius 1 is 1.00 bits per heavy atom. The molecule has 3 unspecified atom stereocenters. The third-order valence-corrected chi connectivity index (χ3v) is 16.3. The maximum atomic E-state index is 11.3. The van der Waals surface area contributed by atoms with Crippen LogP contribution in [0.2, 0.25) is 51.9 Å². The van der Waals surface area contributed by atoms with E-state index in [1.54, 1.807) is 0 Å². The summed E-state index contributed by atoms with van der Waals surface area (Å²) in [6, 6.07) is 0.828. The van der Waals surface area contributed by atoms with Gasteiger partial charge in [-0.15, -0.1) is 0 Å².